The van der Waals surface area contributed by atoms with Gasteiger partial charge in [-0.15, -0.1) is 0 Å². The smallest absolute Gasteiger partial charge is 0.257 e. The Morgan fingerprint density at radius 1 is 0.938 bits per heavy atom. The van der Waals surface area contributed by atoms with Crippen LogP contribution in [-0.2, 0) is 10.0 Å². The highest BCUT2D eigenvalue weighted by molar-refractivity contribution is 7.92. The number of amides is 1. The monoisotopic (exact) mass is 450 g/mol. The van der Waals surface area contributed by atoms with Crippen molar-refractivity contribution in [1.82, 2.24) is 19.0 Å². The molecule has 0 radical (unpaired) electrons. The highest BCUT2D eigenvalue weighted by Crippen LogP contribution is 2.18. The molecule has 1 fully saturated rings. The summed E-state index contributed by atoms with van der Waals surface area (Å²) >= 11 is 0. The third-order valence-corrected chi connectivity index (χ3v) is 7.20. The van der Waals surface area contributed by atoms with E-state index in [1.165, 1.54) is 9.71 Å². The summed E-state index contributed by atoms with van der Waals surface area (Å²) < 4.78 is 28.5. The number of benzene rings is 2. The lowest BCUT2D eigenvalue weighted by Crippen LogP contribution is -2.50. The van der Waals surface area contributed by atoms with Crippen molar-refractivity contribution < 1.29 is 13.2 Å². The van der Waals surface area contributed by atoms with Crippen LogP contribution in [0.15, 0.2) is 66.2 Å². The van der Waals surface area contributed by atoms with Crippen molar-refractivity contribution in [3.8, 4) is 5.69 Å². The largest absolute Gasteiger partial charge is 0.336 e. The van der Waals surface area contributed by atoms with Crippen LogP contribution in [0.1, 0.15) is 27.2 Å². The first-order valence-electron chi connectivity index (χ1n) is 10.5. The van der Waals surface area contributed by atoms with Gasteiger partial charge in [0.2, 0.25) is 10.0 Å². The molecule has 0 N–H and O–H groups in total. The summed E-state index contributed by atoms with van der Waals surface area (Å²) in [6.45, 7) is 5.09. The van der Waals surface area contributed by atoms with E-state index in [4.69, 9.17) is 0 Å². The van der Waals surface area contributed by atoms with Gasteiger partial charge in [0.05, 0.1) is 23.1 Å². The maximum Gasteiger partial charge on any atom is 0.257 e. The van der Waals surface area contributed by atoms with Crippen molar-refractivity contribution in [2.75, 3.05) is 26.2 Å². The van der Waals surface area contributed by atoms with Gasteiger partial charge in [0.1, 0.15) is 0 Å². The number of hydrogen-bond donors (Lipinski definition) is 0. The molecule has 1 aliphatic heterocycles. The minimum atomic E-state index is -3.54. The highest BCUT2D eigenvalue weighted by atomic mass is 32.2. The van der Waals surface area contributed by atoms with E-state index < -0.39 is 10.0 Å². The number of nitrogens with zero attached hydrogens (tertiary/aromatic N) is 4. The normalized spacial score (nSPS) is 15.4. The minimum Gasteiger partial charge on any atom is -0.336 e. The second-order valence-corrected chi connectivity index (χ2v) is 9.66. The van der Waals surface area contributed by atoms with Crippen LogP contribution in [0.3, 0.4) is 0 Å². The van der Waals surface area contributed by atoms with Crippen LogP contribution in [0.5, 0.6) is 0 Å². The van der Waals surface area contributed by atoms with E-state index in [0.29, 0.717) is 18.7 Å². The van der Waals surface area contributed by atoms with Crippen LogP contribution in [-0.4, -0.2) is 59.5 Å². The minimum absolute atomic E-state index is 0.127. The predicted molar refractivity (Wildman–Crippen MR) is 125 cm³/mol. The van der Waals surface area contributed by atoms with Crippen LogP contribution < -0.4 is 0 Å². The van der Waals surface area contributed by atoms with Crippen molar-refractivity contribution in [3.63, 3.8) is 0 Å². The van der Waals surface area contributed by atoms with Crippen LogP contribution in [0, 0.1) is 13.8 Å². The Morgan fingerprint density at radius 2 is 1.59 bits per heavy atom. The average molecular weight is 451 g/mol. The van der Waals surface area contributed by atoms with Gasteiger partial charge in [-0.3, -0.25) is 4.79 Å². The van der Waals surface area contributed by atoms with Crippen LogP contribution >= 0.6 is 0 Å². The first kappa shape index (κ1) is 22.0. The Hall–Kier alpha value is -3.23. The number of sulfonamides is 1. The number of rotatable bonds is 5. The SMILES string of the molecule is Cc1ccc(-n2ncc(C(=O)N3CCN(S(=O)(=O)/C=C/c4ccccc4)CC3)c2C)cc1. The lowest BCUT2D eigenvalue weighted by molar-refractivity contribution is 0.0698. The summed E-state index contributed by atoms with van der Waals surface area (Å²) in [4.78, 5) is 14.8. The topological polar surface area (TPSA) is 75.5 Å². The Labute approximate surface area is 188 Å². The second-order valence-electron chi connectivity index (χ2n) is 7.84. The summed E-state index contributed by atoms with van der Waals surface area (Å²) in [6, 6.07) is 17.2. The lowest BCUT2D eigenvalue weighted by Gasteiger charge is -2.33. The van der Waals surface area contributed by atoms with Crippen LogP contribution in [0.25, 0.3) is 11.8 Å². The molecule has 1 aliphatic rings. The van der Waals surface area contributed by atoms with E-state index in [2.05, 4.69) is 5.10 Å². The zero-order chi connectivity index (χ0) is 22.7. The molecule has 2 heterocycles. The van der Waals surface area contributed by atoms with Gasteiger partial charge in [0.25, 0.3) is 5.91 Å². The molecule has 0 atom stereocenters. The number of piperazine rings is 1. The van der Waals surface area contributed by atoms with Crippen molar-refractivity contribution in [2.45, 2.75) is 13.8 Å². The summed E-state index contributed by atoms with van der Waals surface area (Å²) in [5.74, 6) is -0.127. The molecule has 0 unspecified atom stereocenters. The molecule has 0 spiro atoms. The van der Waals surface area contributed by atoms with E-state index in [1.807, 2.05) is 68.4 Å². The van der Waals surface area contributed by atoms with Gasteiger partial charge in [0.15, 0.2) is 0 Å². The number of aryl methyl sites for hydroxylation is 1. The maximum atomic E-state index is 13.1. The first-order valence-corrected chi connectivity index (χ1v) is 12.0. The molecule has 0 bridgehead atoms. The Kier molecular flexibility index (Phi) is 6.25. The van der Waals surface area contributed by atoms with E-state index in [0.717, 1.165) is 22.5 Å². The van der Waals surface area contributed by atoms with Crippen molar-refractivity contribution >= 4 is 22.0 Å². The zero-order valence-electron chi connectivity index (χ0n) is 18.2. The molecule has 3 aromatic rings. The van der Waals surface area contributed by atoms with Gasteiger partial charge < -0.3 is 4.90 Å². The number of carbonyl (C=O) groups excluding carboxylic acids is 1. The predicted octanol–water partition coefficient (Wildman–Crippen LogP) is 3.25. The average Bonchev–Trinajstić information content (AvgIpc) is 3.20. The molecule has 1 aromatic heterocycles. The summed E-state index contributed by atoms with van der Waals surface area (Å²) in [6.07, 6.45) is 3.18. The molecule has 32 heavy (non-hydrogen) atoms. The molecule has 4 rings (SSSR count). The summed E-state index contributed by atoms with van der Waals surface area (Å²) in [7, 11) is -3.54. The third-order valence-electron chi connectivity index (χ3n) is 5.64. The molecule has 2 aromatic carbocycles. The Balaban J connectivity index is 1.42. The van der Waals surface area contributed by atoms with Crippen LogP contribution in [0.4, 0.5) is 0 Å². The standard InChI is InChI=1S/C24H26N4O3S/c1-19-8-10-22(11-9-19)28-20(2)23(18-25-28)24(29)26-13-15-27(16-14-26)32(30,31)17-12-21-6-4-3-5-7-21/h3-12,17-18H,13-16H2,1-2H3/b17-12+. The van der Waals surface area contributed by atoms with E-state index in [-0.39, 0.29) is 19.0 Å². The molecule has 0 aliphatic carbocycles. The van der Waals surface area contributed by atoms with Gasteiger partial charge in [-0.25, -0.2) is 13.1 Å². The summed E-state index contributed by atoms with van der Waals surface area (Å²) in [5, 5.41) is 5.62. The van der Waals surface area contributed by atoms with Gasteiger partial charge >= 0.3 is 0 Å². The highest BCUT2D eigenvalue weighted by Gasteiger charge is 2.29. The quantitative estimate of drug-likeness (QED) is 0.598. The van der Waals surface area contributed by atoms with Crippen molar-refractivity contribution in [2.24, 2.45) is 0 Å². The Bertz CT molecular complexity index is 1220. The fourth-order valence-corrected chi connectivity index (χ4v) is 4.87. The fourth-order valence-electron chi connectivity index (χ4n) is 3.70. The Morgan fingerprint density at radius 3 is 2.25 bits per heavy atom. The fraction of sp³-hybridized carbons (Fsp3) is 0.250. The van der Waals surface area contributed by atoms with E-state index in [1.54, 1.807) is 21.9 Å². The summed E-state index contributed by atoms with van der Waals surface area (Å²) in [5.41, 5.74) is 4.17. The third kappa shape index (κ3) is 4.66. The molecule has 1 amide bonds. The lowest BCUT2D eigenvalue weighted by atomic mass is 10.2. The van der Waals surface area contributed by atoms with Crippen molar-refractivity contribution in [3.05, 3.63) is 88.6 Å². The molecule has 8 heteroatoms. The van der Waals surface area contributed by atoms with Gasteiger partial charge in [-0.2, -0.15) is 9.40 Å². The molecular formula is C24H26N4O3S. The van der Waals surface area contributed by atoms with E-state index in [9.17, 15) is 13.2 Å². The molecular weight excluding hydrogens is 424 g/mol. The molecule has 0 saturated carbocycles. The van der Waals surface area contributed by atoms with Crippen LogP contribution in [0.2, 0.25) is 0 Å². The number of carbonyl (C=O) groups is 1. The van der Waals surface area contributed by atoms with Gasteiger partial charge in [-0.1, -0.05) is 48.0 Å². The van der Waals surface area contributed by atoms with Crippen molar-refractivity contribution in [1.29, 1.82) is 0 Å². The first-order chi connectivity index (χ1) is 15.3. The van der Waals surface area contributed by atoms with Gasteiger partial charge in [-0.05, 0) is 37.6 Å². The van der Waals surface area contributed by atoms with Gasteiger partial charge in [0, 0.05) is 31.6 Å². The number of hydrogen-bond acceptors (Lipinski definition) is 4. The van der Waals surface area contributed by atoms with E-state index >= 15 is 0 Å². The molecule has 1 saturated heterocycles. The molecule has 7 nitrogen and oxygen atoms in total. The zero-order valence-corrected chi connectivity index (χ0v) is 19.0. The number of aromatic nitrogens is 2. The maximum absolute atomic E-state index is 13.1. The second kappa shape index (κ2) is 9.10. The molecule has 166 valence electrons.